The molecule has 1 unspecified atom stereocenters. The summed E-state index contributed by atoms with van der Waals surface area (Å²) in [6.07, 6.45) is 0.947. The number of nitrogens with zero attached hydrogens (tertiary/aromatic N) is 1. The van der Waals surface area contributed by atoms with E-state index in [9.17, 15) is 28.1 Å². The summed E-state index contributed by atoms with van der Waals surface area (Å²) in [5.41, 5.74) is 0.716. The number of rotatable bonds is 7. The third kappa shape index (κ3) is 6.28. The zero-order chi connectivity index (χ0) is 21.8. The van der Waals surface area contributed by atoms with Gasteiger partial charge in [-0.25, -0.2) is 8.42 Å². The molecule has 0 spiro atoms. The molecule has 11 heteroatoms. The molecule has 2 rings (SSSR count). The number of sulfonamides is 1. The molecule has 0 aliphatic rings. The van der Waals surface area contributed by atoms with Crippen LogP contribution in [0.2, 0.25) is 0 Å². The Morgan fingerprint density at radius 2 is 1.83 bits per heavy atom. The van der Waals surface area contributed by atoms with Crippen LogP contribution in [0.15, 0.2) is 42.5 Å². The minimum Gasteiger partial charge on any atom is -0.345 e. The molecule has 2 aromatic carbocycles. The Morgan fingerprint density at radius 3 is 2.41 bits per heavy atom. The summed E-state index contributed by atoms with van der Waals surface area (Å²) in [4.78, 5) is 34.5. The van der Waals surface area contributed by atoms with Crippen molar-refractivity contribution in [2.45, 2.75) is 19.9 Å². The number of anilines is 2. The van der Waals surface area contributed by atoms with Crippen LogP contribution < -0.4 is 15.4 Å². The predicted molar refractivity (Wildman–Crippen MR) is 108 cm³/mol. The molecule has 0 aliphatic carbocycles. The van der Waals surface area contributed by atoms with E-state index in [1.165, 1.54) is 43.3 Å². The van der Waals surface area contributed by atoms with E-state index >= 15 is 0 Å². The fourth-order valence-electron chi connectivity index (χ4n) is 2.57. The lowest BCUT2D eigenvalue weighted by Gasteiger charge is -2.17. The highest BCUT2D eigenvalue weighted by molar-refractivity contribution is 7.92. The van der Waals surface area contributed by atoms with Gasteiger partial charge in [-0.2, -0.15) is 0 Å². The second-order valence-corrected chi connectivity index (χ2v) is 8.11. The molecule has 2 aromatic rings. The van der Waals surface area contributed by atoms with Gasteiger partial charge in [0.2, 0.25) is 15.9 Å². The van der Waals surface area contributed by atoms with E-state index in [2.05, 4.69) is 15.4 Å². The van der Waals surface area contributed by atoms with Gasteiger partial charge >= 0.3 is 0 Å². The van der Waals surface area contributed by atoms with Crippen LogP contribution in [0.3, 0.4) is 0 Å². The minimum absolute atomic E-state index is 0.0149. The molecule has 0 aliphatic heterocycles. The molecule has 0 bridgehead atoms. The Bertz CT molecular complexity index is 1070. The largest absolute Gasteiger partial charge is 0.345 e. The van der Waals surface area contributed by atoms with Crippen LogP contribution >= 0.6 is 0 Å². The van der Waals surface area contributed by atoms with Crippen LogP contribution in [0, 0.1) is 10.1 Å². The summed E-state index contributed by atoms with van der Waals surface area (Å²) in [6, 6.07) is 9.36. The van der Waals surface area contributed by atoms with Crippen LogP contribution in [-0.2, 0) is 14.8 Å². The Balaban J connectivity index is 2.35. The molecule has 3 N–H and O–H groups in total. The van der Waals surface area contributed by atoms with Crippen molar-refractivity contribution in [3.63, 3.8) is 0 Å². The van der Waals surface area contributed by atoms with Crippen LogP contribution in [0.4, 0.5) is 17.1 Å². The van der Waals surface area contributed by atoms with E-state index in [1.807, 2.05) is 0 Å². The lowest BCUT2D eigenvalue weighted by molar-refractivity contribution is -0.384. The number of nitrogens with one attached hydrogen (secondary N) is 3. The topological polar surface area (TPSA) is 148 Å². The molecule has 0 saturated carbocycles. The summed E-state index contributed by atoms with van der Waals surface area (Å²) >= 11 is 0. The number of hydrogen-bond donors (Lipinski definition) is 3. The zero-order valence-corrected chi connectivity index (χ0v) is 16.7. The quantitative estimate of drug-likeness (QED) is 0.463. The zero-order valence-electron chi connectivity index (χ0n) is 15.9. The summed E-state index contributed by atoms with van der Waals surface area (Å²) < 4.78 is 25.5. The van der Waals surface area contributed by atoms with Crippen LogP contribution in [0.5, 0.6) is 0 Å². The van der Waals surface area contributed by atoms with E-state index in [0.29, 0.717) is 11.3 Å². The van der Waals surface area contributed by atoms with Crippen molar-refractivity contribution in [2.24, 2.45) is 0 Å². The minimum atomic E-state index is -3.66. The molecule has 0 saturated heterocycles. The number of amides is 2. The number of hydrogen-bond acceptors (Lipinski definition) is 6. The van der Waals surface area contributed by atoms with Gasteiger partial charge in [-0.1, -0.05) is 12.1 Å². The SMILES string of the molecule is CC(=O)Nc1ccc(NS(C)(=O)=O)c(C(=O)NC(C)c2cccc([N+](=O)[O-])c2)c1. The standard InChI is InChI=1S/C18H20N4O6S/c1-11(13-5-4-6-15(9-13)22(25)26)19-18(24)16-10-14(20-12(2)23)7-8-17(16)21-29(3,27)28/h4-11,21H,1-3H3,(H,19,24)(H,20,23). The van der Waals surface area contributed by atoms with Gasteiger partial charge in [-0.3, -0.25) is 24.4 Å². The highest BCUT2D eigenvalue weighted by atomic mass is 32.2. The molecule has 0 heterocycles. The number of carbonyl (C=O) groups excluding carboxylic acids is 2. The fraction of sp³-hybridized carbons (Fsp3) is 0.222. The lowest BCUT2D eigenvalue weighted by Crippen LogP contribution is -2.28. The first-order valence-corrected chi connectivity index (χ1v) is 10.3. The van der Waals surface area contributed by atoms with Crippen LogP contribution in [-0.4, -0.2) is 31.4 Å². The van der Waals surface area contributed by atoms with Gasteiger partial charge in [-0.05, 0) is 30.7 Å². The number of nitro benzene ring substituents is 1. The van der Waals surface area contributed by atoms with E-state index in [0.717, 1.165) is 6.26 Å². The van der Waals surface area contributed by atoms with Crippen molar-refractivity contribution in [1.29, 1.82) is 0 Å². The van der Waals surface area contributed by atoms with Crippen LogP contribution in [0.1, 0.15) is 35.8 Å². The third-order valence-corrected chi connectivity index (χ3v) is 4.40. The smallest absolute Gasteiger partial charge is 0.269 e. The first-order chi connectivity index (χ1) is 13.5. The maximum Gasteiger partial charge on any atom is 0.269 e. The number of carbonyl (C=O) groups is 2. The predicted octanol–water partition coefficient (Wildman–Crippen LogP) is 2.42. The number of nitro groups is 1. The molecule has 0 aromatic heterocycles. The number of benzene rings is 2. The molecular formula is C18H20N4O6S. The second kappa shape index (κ2) is 8.69. The van der Waals surface area contributed by atoms with Crippen molar-refractivity contribution >= 4 is 38.9 Å². The number of non-ortho nitro benzene ring substituents is 1. The van der Waals surface area contributed by atoms with Gasteiger partial charge in [0.15, 0.2) is 0 Å². The highest BCUT2D eigenvalue weighted by Crippen LogP contribution is 2.24. The molecule has 29 heavy (non-hydrogen) atoms. The van der Waals surface area contributed by atoms with Crippen molar-refractivity contribution in [3.8, 4) is 0 Å². The summed E-state index contributed by atoms with van der Waals surface area (Å²) in [5, 5.41) is 16.1. The summed E-state index contributed by atoms with van der Waals surface area (Å²) in [7, 11) is -3.66. The molecule has 2 amide bonds. The van der Waals surface area contributed by atoms with E-state index in [1.54, 1.807) is 13.0 Å². The fourth-order valence-corrected chi connectivity index (χ4v) is 3.14. The van der Waals surface area contributed by atoms with Gasteiger partial charge < -0.3 is 10.6 Å². The van der Waals surface area contributed by atoms with Gasteiger partial charge in [0.1, 0.15) is 0 Å². The Morgan fingerprint density at radius 1 is 1.14 bits per heavy atom. The molecular weight excluding hydrogens is 400 g/mol. The first-order valence-electron chi connectivity index (χ1n) is 8.41. The Hall–Kier alpha value is -3.47. The van der Waals surface area contributed by atoms with Crippen molar-refractivity contribution in [1.82, 2.24) is 5.32 Å². The summed E-state index contributed by atoms with van der Waals surface area (Å²) in [5.74, 6) is -0.979. The van der Waals surface area contributed by atoms with Gasteiger partial charge in [-0.15, -0.1) is 0 Å². The van der Waals surface area contributed by atoms with Gasteiger partial charge in [0, 0.05) is 24.7 Å². The highest BCUT2D eigenvalue weighted by Gasteiger charge is 2.19. The molecule has 1 atom stereocenters. The van der Waals surface area contributed by atoms with E-state index < -0.39 is 26.9 Å². The lowest BCUT2D eigenvalue weighted by atomic mass is 10.1. The van der Waals surface area contributed by atoms with Crippen molar-refractivity contribution in [2.75, 3.05) is 16.3 Å². The molecule has 10 nitrogen and oxygen atoms in total. The second-order valence-electron chi connectivity index (χ2n) is 6.36. The Labute approximate surface area is 167 Å². The van der Waals surface area contributed by atoms with Crippen LogP contribution in [0.25, 0.3) is 0 Å². The van der Waals surface area contributed by atoms with Gasteiger partial charge in [0.05, 0.1) is 28.5 Å². The molecule has 154 valence electrons. The Kier molecular flexibility index (Phi) is 6.54. The third-order valence-electron chi connectivity index (χ3n) is 3.81. The maximum atomic E-state index is 12.8. The maximum absolute atomic E-state index is 12.8. The van der Waals surface area contributed by atoms with E-state index in [-0.39, 0.29) is 22.8 Å². The average Bonchev–Trinajstić information content (AvgIpc) is 2.61. The average molecular weight is 420 g/mol. The normalized spacial score (nSPS) is 12.0. The summed E-state index contributed by atoms with van der Waals surface area (Å²) in [6.45, 7) is 2.94. The van der Waals surface area contributed by atoms with Gasteiger partial charge in [0.25, 0.3) is 11.6 Å². The first kappa shape index (κ1) is 21.8. The van der Waals surface area contributed by atoms with E-state index in [4.69, 9.17) is 0 Å². The van der Waals surface area contributed by atoms with Crippen molar-refractivity contribution < 1.29 is 22.9 Å². The molecule has 0 fully saturated rings. The molecule has 0 radical (unpaired) electrons. The van der Waals surface area contributed by atoms with Crippen molar-refractivity contribution in [3.05, 3.63) is 63.7 Å². The monoisotopic (exact) mass is 420 g/mol.